The van der Waals surface area contributed by atoms with E-state index in [-0.39, 0.29) is 5.82 Å². The molecule has 3 aliphatic heterocycles. The second-order valence-electron chi connectivity index (χ2n) is 10.2. The van der Waals surface area contributed by atoms with Gasteiger partial charge in [-0.05, 0) is 49.9 Å². The zero-order valence-corrected chi connectivity index (χ0v) is 20.6. The van der Waals surface area contributed by atoms with Crippen LogP contribution in [0.15, 0.2) is 40.9 Å². The zero-order chi connectivity index (χ0) is 24.3. The van der Waals surface area contributed by atoms with Crippen molar-refractivity contribution in [1.82, 2.24) is 20.4 Å². The molecule has 36 heavy (non-hydrogen) atoms. The predicted molar refractivity (Wildman–Crippen MR) is 135 cm³/mol. The number of anilines is 1. The Morgan fingerprint density at radius 2 is 2.08 bits per heavy atom. The van der Waals surface area contributed by atoms with Crippen molar-refractivity contribution in [3.63, 3.8) is 0 Å². The Bertz CT molecular complexity index is 1170. The summed E-state index contributed by atoms with van der Waals surface area (Å²) in [6, 6.07) is 11.0. The first-order chi connectivity index (χ1) is 17.7. The van der Waals surface area contributed by atoms with Gasteiger partial charge in [-0.1, -0.05) is 11.2 Å². The van der Waals surface area contributed by atoms with E-state index in [1.54, 1.807) is 6.07 Å². The fourth-order valence-corrected chi connectivity index (χ4v) is 5.72. The molecule has 192 valence electrons. The number of pyridine rings is 1. The first-order valence-corrected chi connectivity index (χ1v) is 13.2. The Morgan fingerprint density at radius 1 is 1.11 bits per heavy atom. The maximum Gasteiger partial charge on any atom is 0.213 e. The number of piperidine rings is 1. The number of rotatable bonds is 8. The number of ether oxygens (including phenoxy) is 2. The number of halogens is 1. The van der Waals surface area contributed by atoms with Crippen molar-refractivity contribution < 1.29 is 18.4 Å². The minimum atomic E-state index is -0.263. The monoisotopic (exact) mass is 495 g/mol. The van der Waals surface area contributed by atoms with E-state index in [2.05, 4.69) is 25.3 Å². The third kappa shape index (κ3) is 5.33. The van der Waals surface area contributed by atoms with Crippen LogP contribution in [0.3, 0.4) is 0 Å². The second kappa shape index (κ2) is 10.7. The van der Waals surface area contributed by atoms with Gasteiger partial charge in [0, 0.05) is 63.9 Å². The summed E-state index contributed by atoms with van der Waals surface area (Å²) in [6.45, 7) is 6.86. The highest BCUT2D eigenvalue weighted by atomic mass is 19.1. The third-order valence-electron chi connectivity index (χ3n) is 7.67. The summed E-state index contributed by atoms with van der Waals surface area (Å²) < 4.78 is 31.0. The SMILES string of the molecule is Fc1ccc2onc(N3CCN4C[C@@H](COc5cccc(CNCC6CCCO6)n5)CC[C@H]4C3)c2c1. The average Bonchev–Trinajstić information content (AvgIpc) is 3.57. The fourth-order valence-electron chi connectivity index (χ4n) is 5.72. The van der Waals surface area contributed by atoms with Crippen molar-refractivity contribution in [3.05, 3.63) is 47.9 Å². The van der Waals surface area contributed by atoms with Gasteiger partial charge in [0.1, 0.15) is 5.82 Å². The smallest absolute Gasteiger partial charge is 0.213 e. The summed E-state index contributed by atoms with van der Waals surface area (Å²) in [5, 5.41) is 8.45. The lowest BCUT2D eigenvalue weighted by atomic mass is 9.91. The van der Waals surface area contributed by atoms with Crippen LogP contribution in [0.2, 0.25) is 0 Å². The molecular formula is C27H34FN5O3. The van der Waals surface area contributed by atoms with Crippen LogP contribution >= 0.6 is 0 Å². The molecule has 3 aromatic rings. The van der Waals surface area contributed by atoms with Gasteiger partial charge in [0.2, 0.25) is 5.88 Å². The summed E-state index contributed by atoms with van der Waals surface area (Å²) in [5.41, 5.74) is 1.62. The number of hydrogen-bond donors (Lipinski definition) is 1. The molecule has 3 saturated heterocycles. The normalized spacial score (nSPS) is 24.8. The topological polar surface area (TPSA) is 75.9 Å². The lowest BCUT2D eigenvalue weighted by Crippen LogP contribution is -2.57. The molecule has 0 aliphatic carbocycles. The Kier molecular flexibility index (Phi) is 7.03. The largest absolute Gasteiger partial charge is 0.477 e. The molecule has 0 amide bonds. The van der Waals surface area contributed by atoms with Crippen LogP contribution in [-0.2, 0) is 11.3 Å². The Hall–Kier alpha value is -2.75. The fraction of sp³-hybridized carbons (Fsp3) is 0.556. The molecule has 6 rings (SSSR count). The van der Waals surface area contributed by atoms with Gasteiger partial charge in [-0.2, -0.15) is 0 Å². The van der Waals surface area contributed by atoms with Gasteiger partial charge in [0.15, 0.2) is 11.4 Å². The summed E-state index contributed by atoms with van der Waals surface area (Å²) in [7, 11) is 0. The maximum absolute atomic E-state index is 13.8. The van der Waals surface area contributed by atoms with Gasteiger partial charge in [-0.3, -0.25) is 4.90 Å². The van der Waals surface area contributed by atoms with E-state index >= 15 is 0 Å². The molecule has 2 aromatic heterocycles. The van der Waals surface area contributed by atoms with Crippen LogP contribution in [-0.4, -0.2) is 73.1 Å². The van der Waals surface area contributed by atoms with Crippen molar-refractivity contribution in [1.29, 1.82) is 0 Å². The molecule has 8 nitrogen and oxygen atoms in total. The van der Waals surface area contributed by atoms with E-state index < -0.39 is 0 Å². The van der Waals surface area contributed by atoms with Crippen molar-refractivity contribution in [3.8, 4) is 5.88 Å². The number of aromatic nitrogens is 2. The third-order valence-corrected chi connectivity index (χ3v) is 7.67. The standard InChI is InChI=1S/C27H34FN5O3/c28-20-7-9-25-24(13-20)27(31-36-25)33-11-10-32-16-19(6-8-22(32)17-33)18-35-26-5-1-3-21(30-26)14-29-15-23-4-2-12-34-23/h1,3,5,7,9,13,19,22-23,29H,2,4,6,8,10-12,14-18H2/t19-,22-,23?/m0/s1. The van der Waals surface area contributed by atoms with Crippen LogP contribution in [0.5, 0.6) is 5.88 Å². The van der Waals surface area contributed by atoms with E-state index in [4.69, 9.17) is 14.0 Å². The molecule has 1 aromatic carbocycles. The summed E-state index contributed by atoms with van der Waals surface area (Å²) in [5.74, 6) is 1.67. The van der Waals surface area contributed by atoms with Crippen molar-refractivity contribution in [2.45, 2.75) is 44.4 Å². The molecule has 0 radical (unpaired) electrons. The highest BCUT2D eigenvalue weighted by molar-refractivity contribution is 5.88. The van der Waals surface area contributed by atoms with Crippen LogP contribution < -0.4 is 15.0 Å². The van der Waals surface area contributed by atoms with E-state index in [9.17, 15) is 4.39 Å². The highest BCUT2D eigenvalue weighted by Crippen LogP contribution is 2.31. The minimum absolute atomic E-state index is 0.263. The van der Waals surface area contributed by atoms with Crippen molar-refractivity contribution >= 4 is 16.8 Å². The average molecular weight is 496 g/mol. The summed E-state index contributed by atoms with van der Waals surface area (Å²) >= 11 is 0. The van der Waals surface area contributed by atoms with E-state index in [1.165, 1.54) is 12.1 Å². The summed E-state index contributed by atoms with van der Waals surface area (Å²) in [4.78, 5) is 9.49. The number of fused-ring (bicyclic) bond motifs is 2. The highest BCUT2D eigenvalue weighted by Gasteiger charge is 2.34. The molecule has 5 heterocycles. The molecule has 3 fully saturated rings. The van der Waals surface area contributed by atoms with Gasteiger partial charge >= 0.3 is 0 Å². The number of benzene rings is 1. The lowest BCUT2D eigenvalue weighted by Gasteiger charge is -2.46. The van der Waals surface area contributed by atoms with Gasteiger partial charge in [0.05, 0.1) is 23.8 Å². The molecular weight excluding hydrogens is 461 g/mol. The molecule has 0 bridgehead atoms. The Labute approximate surface area is 210 Å². The molecule has 3 atom stereocenters. The van der Waals surface area contributed by atoms with E-state index in [0.717, 1.165) is 88.5 Å². The summed E-state index contributed by atoms with van der Waals surface area (Å²) in [6.07, 6.45) is 4.85. The van der Waals surface area contributed by atoms with Gasteiger partial charge in [-0.25, -0.2) is 9.37 Å². The number of piperazine rings is 1. The quantitative estimate of drug-likeness (QED) is 0.508. The first-order valence-electron chi connectivity index (χ1n) is 13.2. The second-order valence-corrected chi connectivity index (χ2v) is 10.2. The van der Waals surface area contributed by atoms with Gasteiger partial charge < -0.3 is 24.2 Å². The van der Waals surface area contributed by atoms with E-state index in [1.807, 2.05) is 18.2 Å². The van der Waals surface area contributed by atoms with Gasteiger partial charge in [0.25, 0.3) is 0 Å². The number of nitrogens with zero attached hydrogens (tertiary/aromatic N) is 4. The molecule has 9 heteroatoms. The van der Waals surface area contributed by atoms with E-state index in [0.29, 0.717) is 36.1 Å². The molecule has 1 unspecified atom stereocenters. The van der Waals surface area contributed by atoms with Crippen molar-refractivity contribution in [2.75, 3.05) is 50.8 Å². The molecule has 1 N–H and O–H groups in total. The van der Waals surface area contributed by atoms with Crippen LogP contribution in [0.25, 0.3) is 11.0 Å². The number of nitrogens with one attached hydrogen (secondary N) is 1. The number of hydrogen-bond acceptors (Lipinski definition) is 8. The van der Waals surface area contributed by atoms with Gasteiger partial charge in [-0.15, -0.1) is 0 Å². The van der Waals surface area contributed by atoms with Crippen LogP contribution in [0.1, 0.15) is 31.4 Å². The van der Waals surface area contributed by atoms with Crippen LogP contribution in [0, 0.1) is 11.7 Å². The lowest BCUT2D eigenvalue weighted by molar-refractivity contribution is 0.0716. The predicted octanol–water partition coefficient (Wildman–Crippen LogP) is 3.61. The zero-order valence-electron chi connectivity index (χ0n) is 20.6. The molecule has 3 aliphatic rings. The maximum atomic E-state index is 13.8. The Balaban J connectivity index is 0.983. The molecule has 0 spiro atoms. The van der Waals surface area contributed by atoms with Crippen molar-refractivity contribution in [2.24, 2.45) is 5.92 Å². The molecule has 0 saturated carbocycles. The first kappa shape index (κ1) is 23.6. The minimum Gasteiger partial charge on any atom is -0.477 e. The Morgan fingerprint density at radius 3 is 3.00 bits per heavy atom. The van der Waals surface area contributed by atoms with Crippen LogP contribution in [0.4, 0.5) is 10.2 Å².